The summed E-state index contributed by atoms with van der Waals surface area (Å²) >= 11 is 5.95. The van der Waals surface area contributed by atoms with E-state index in [0.29, 0.717) is 23.0 Å². The highest BCUT2D eigenvalue weighted by Gasteiger charge is 2.09. The van der Waals surface area contributed by atoms with Gasteiger partial charge in [-0.25, -0.2) is 4.68 Å². The fourth-order valence-corrected chi connectivity index (χ4v) is 2.14. The zero-order valence-corrected chi connectivity index (χ0v) is 12.8. The van der Waals surface area contributed by atoms with Crippen LogP contribution in [0.25, 0.3) is 11.3 Å². The van der Waals surface area contributed by atoms with Gasteiger partial charge >= 0.3 is 0 Å². The van der Waals surface area contributed by atoms with Gasteiger partial charge in [0.15, 0.2) is 5.76 Å². The van der Waals surface area contributed by atoms with Crippen LogP contribution in [0.1, 0.15) is 12.2 Å². The molecule has 0 aliphatic heterocycles. The summed E-state index contributed by atoms with van der Waals surface area (Å²) in [5.74, 6) is 0.442. The number of nitrogens with one attached hydrogen (secondary N) is 1. The van der Waals surface area contributed by atoms with Crippen LogP contribution < -0.4 is 5.32 Å². The summed E-state index contributed by atoms with van der Waals surface area (Å²) in [6.07, 6.45) is 1.74. The second kappa shape index (κ2) is 7.01. The molecule has 0 atom stereocenters. The second-order valence-electron chi connectivity index (χ2n) is 4.79. The number of carbonyl (C=O) groups excluding carboxylic acids is 1. The molecule has 9 heteroatoms. The highest BCUT2D eigenvalue weighted by molar-refractivity contribution is 6.30. The summed E-state index contributed by atoms with van der Waals surface area (Å²) in [6, 6.07) is 9.09. The molecule has 0 saturated heterocycles. The van der Waals surface area contributed by atoms with E-state index in [1.807, 2.05) is 12.1 Å². The molecule has 8 nitrogen and oxygen atoms in total. The Morgan fingerprint density at radius 3 is 3.04 bits per heavy atom. The Hall–Kier alpha value is -2.74. The first-order valence-electron chi connectivity index (χ1n) is 6.90. The van der Waals surface area contributed by atoms with E-state index in [1.165, 1.54) is 11.0 Å². The van der Waals surface area contributed by atoms with Gasteiger partial charge < -0.3 is 9.84 Å². The van der Waals surface area contributed by atoms with Crippen LogP contribution in [0.5, 0.6) is 0 Å². The van der Waals surface area contributed by atoms with Gasteiger partial charge in [0.2, 0.25) is 5.91 Å². The van der Waals surface area contributed by atoms with Gasteiger partial charge in [-0.15, -0.1) is 5.10 Å². The molecule has 0 saturated carbocycles. The minimum atomic E-state index is -0.124. The molecule has 3 aromatic rings. The number of halogens is 1. The van der Waals surface area contributed by atoms with E-state index in [-0.39, 0.29) is 18.9 Å². The molecule has 0 bridgehead atoms. The third-order valence-corrected chi connectivity index (χ3v) is 3.33. The lowest BCUT2D eigenvalue weighted by atomic mass is 10.1. The van der Waals surface area contributed by atoms with Gasteiger partial charge in [0.05, 0.1) is 13.1 Å². The van der Waals surface area contributed by atoms with Gasteiger partial charge in [-0.1, -0.05) is 28.9 Å². The lowest BCUT2D eigenvalue weighted by molar-refractivity contribution is -0.121. The van der Waals surface area contributed by atoms with Gasteiger partial charge in [-0.3, -0.25) is 4.79 Å². The molecule has 0 spiro atoms. The van der Waals surface area contributed by atoms with Crippen LogP contribution in [0.3, 0.4) is 0 Å². The Morgan fingerprint density at radius 1 is 1.35 bits per heavy atom. The average Bonchev–Trinajstić information content (AvgIpc) is 3.22. The number of hydrogen-bond donors (Lipinski definition) is 1. The summed E-state index contributed by atoms with van der Waals surface area (Å²) in [5, 5.41) is 18.0. The number of aryl methyl sites for hydroxylation is 1. The summed E-state index contributed by atoms with van der Waals surface area (Å²) in [4.78, 5) is 11.8. The standard InChI is InChI=1S/C14H13ClN6O2/c15-11-3-1-2-10(6-11)13-7-12(23-18-13)8-16-14(22)4-5-21-9-17-19-20-21/h1-3,6-7,9H,4-5,8H2,(H,16,22). The number of tetrazole rings is 1. The van der Waals surface area contributed by atoms with E-state index < -0.39 is 0 Å². The van der Waals surface area contributed by atoms with Crippen molar-refractivity contribution in [3.05, 3.63) is 47.4 Å². The Kier molecular flexibility index (Phi) is 4.62. The van der Waals surface area contributed by atoms with Crippen molar-refractivity contribution in [1.29, 1.82) is 0 Å². The summed E-state index contributed by atoms with van der Waals surface area (Å²) in [6.45, 7) is 0.686. The van der Waals surface area contributed by atoms with Crippen molar-refractivity contribution < 1.29 is 9.32 Å². The van der Waals surface area contributed by atoms with Crippen LogP contribution in [-0.2, 0) is 17.9 Å². The molecule has 0 radical (unpaired) electrons. The highest BCUT2D eigenvalue weighted by Crippen LogP contribution is 2.22. The molecule has 23 heavy (non-hydrogen) atoms. The summed E-state index contributed by atoms with van der Waals surface area (Å²) < 4.78 is 6.71. The lowest BCUT2D eigenvalue weighted by Crippen LogP contribution is -2.23. The van der Waals surface area contributed by atoms with Crippen LogP contribution >= 0.6 is 11.6 Å². The number of benzene rings is 1. The Morgan fingerprint density at radius 2 is 2.26 bits per heavy atom. The zero-order chi connectivity index (χ0) is 16.1. The average molecular weight is 333 g/mol. The van der Waals surface area contributed by atoms with Crippen molar-refractivity contribution in [3.8, 4) is 11.3 Å². The minimum absolute atomic E-state index is 0.124. The molecule has 1 amide bonds. The predicted molar refractivity (Wildman–Crippen MR) is 81.2 cm³/mol. The molecular formula is C14H13ClN6O2. The van der Waals surface area contributed by atoms with Gasteiger partial charge in [-0.05, 0) is 22.6 Å². The molecular weight excluding hydrogens is 320 g/mol. The molecule has 3 rings (SSSR count). The molecule has 0 aliphatic rings. The Balaban J connectivity index is 1.52. The van der Waals surface area contributed by atoms with E-state index in [9.17, 15) is 4.79 Å². The molecule has 0 aliphatic carbocycles. The third kappa shape index (κ3) is 4.13. The number of amides is 1. The molecule has 0 unspecified atom stereocenters. The topological polar surface area (TPSA) is 98.7 Å². The number of nitrogens with zero attached hydrogens (tertiary/aromatic N) is 5. The first kappa shape index (κ1) is 15.2. The lowest BCUT2D eigenvalue weighted by Gasteiger charge is -2.02. The SMILES string of the molecule is O=C(CCn1cnnn1)NCc1cc(-c2cccc(Cl)c2)no1. The van der Waals surface area contributed by atoms with Crippen LogP contribution in [-0.4, -0.2) is 31.3 Å². The number of aromatic nitrogens is 5. The van der Waals surface area contributed by atoms with Gasteiger partial charge in [-0.2, -0.15) is 0 Å². The monoisotopic (exact) mass is 332 g/mol. The largest absolute Gasteiger partial charge is 0.359 e. The molecule has 118 valence electrons. The van der Waals surface area contributed by atoms with Crippen molar-refractivity contribution >= 4 is 17.5 Å². The molecule has 1 N–H and O–H groups in total. The highest BCUT2D eigenvalue weighted by atomic mass is 35.5. The molecule has 0 fully saturated rings. The van der Waals surface area contributed by atoms with Crippen LogP contribution in [0.4, 0.5) is 0 Å². The third-order valence-electron chi connectivity index (χ3n) is 3.10. The predicted octanol–water partition coefficient (Wildman–Crippen LogP) is 1.69. The molecule has 2 heterocycles. The van der Waals surface area contributed by atoms with Crippen molar-refractivity contribution in [2.45, 2.75) is 19.5 Å². The quantitative estimate of drug-likeness (QED) is 0.737. The van der Waals surface area contributed by atoms with Gasteiger partial charge in [0.25, 0.3) is 0 Å². The van der Waals surface area contributed by atoms with Crippen molar-refractivity contribution in [2.24, 2.45) is 0 Å². The summed E-state index contributed by atoms with van der Waals surface area (Å²) in [7, 11) is 0. The smallest absolute Gasteiger partial charge is 0.222 e. The Bertz CT molecular complexity index is 786. The van der Waals surface area contributed by atoms with Crippen LogP contribution in [0.15, 0.2) is 41.2 Å². The maximum atomic E-state index is 11.8. The molecule has 1 aromatic carbocycles. The number of hydrogen-bond acceptors (Lipinski definition) is 6. The fourth-order valence-electron chi connectivity index (χ4n) is 1.95. The van der Waals surface area contributed by atoms with Gasteiger partial charge in [0.1, 0.15) is 12.0 Å². The van der Waals surface area contributed by atoms with E-state index in [0.717, 1.165) is 5.56 Å². The summed E-state index contributed by atoms with van der Waals surface area (Å²) in [5.41, 5.74) is 1.53. The maximum Gasteiger partial charge on any atom is 0.222 e. The van der Waals surface area contributed by atoms with E-state index in [4.69, 9.17) is 16.1 Å². The second-order valence-corrected chi connectivity index (χ2v) is 5.22. The first-order chi connectivity index (χ1) is 11.2. The minimum Gasteiger partial charge on any atom is -0.359 e. The first-order valence-corrected chi connectivity index (χ1v) is 7.27. The van der Waals surface area contributed by atoms with E-state index >= 15 is 0 Å². The van der Waals surface area contributed by atoms with Crippen molar-refractivity contribution in [1.82, 2.24) is 30.7 Å². The maximum absolute atomic E-state index is 11.8. The van der Waals surface area contributed by atoms with Crippen LogP contribution in [0, 0.1) is 0 Å². The van der Waals surface area contributed by atoms with Crippen LogP contribution in [0.2, 0.25) is 5.02 Å². The normalized spacial score (nSPS) is 10.7. The molecule has 2 aromatic heterocycles. The van der Waals surface area contributed by atoms with E-state index in [1.54, 1.807) is 18.2 Å². The van der Waals surface area contributed by atoms with Crippen molar-refractivity contribution in [3.63, 3.8) is 0 Å². The fraction of sp³-hybridized carbons (Fsp3) is 0.214. The Labute approximate surface area is 136 Å². The van der Waals surface area contributed by atoms with Crippen molar-refractivity contribution in [2.75, 3.05) is 0 Å². The number of rotatable bonds is 6. The van der Waals surface area contributed by atoms with E-state index in [2.05, 4.69) is 26.0 Å². The van der Waals surface area contributed by atoms with Gasteiger partial charge in [0, 0.05) is 23.1 Å². The zero-order valence-electron chi connectivity index (χ0n) is 12.0. The number of carbonyl (C=O) groups is 1.